The van der Waals surface area contributed by atoms with Gasteiger partial charge in [0.1, 0.15) is 5.57 Å². The van der Waals surface area contributed by atoms with Gasteiger partial charge in [0.25, 0.3) is 5.91 Å². The number of hydrogen-bond donors (Lipinski definition) is 3. The fourth-order valence-corrected chi connectivity index (χ4v) is 3.33. The summed E-state index contributed by atoms with van der Waals surface area (Å²) in [4.78, 5) is 29.2. The molecule has 0 radical (unpaired) electrons. The Hall–Kier alpha value is -1.93. The summed E-state index contributed by atoms with van der Waals surface area (Å²) in [7, 11) is 0. The van der Waals surface area contributed by atoms with Crippen molar-refractivity contribution in [2.24, 2.45) is 0 Å². The van der Waals surface area contributed by atoms with E-state index in [2.05, 4.69) is 20.4 Å². The van der Waals surface area contributed by atoms with Gasteiger partial charge in [-0.3, -0.25) is 19.4 Å². The third-order valence-electron chi connectivity index (χ3n) is 4.66. The monoisotopic (exact) mass is 378 g/mol. The van der Waals surface area contributed by atoms with E-state index in [0.717, 1.165) is 39.3 Å². The molecule has 1 aromatic rings. The van der Waals surface area contributed by atoms with E-state index in [-0.39, 0.29) is 18.0 Å². The molecule has 26 heavy (non-hydrogen) atoms. The molecule has 0 aromatic heterocycles. The Morgan fingerprint density at radius 3 is 2.54 bits per heavy atom. The number of halogens is 1. The molecule has 1 amide bonds. The summed E-state index contributed by atoms with van der Waals surface area (Å²) in [6.45, 7) is 6.18. The summed E-state index contributed by atoms with van der Waals surface area (Å²) < 4.78 is 0. The summed E-state index contributed by atoms with van der Waals surface area (Å²) in [5.74, 6) is -0.730. The maximum absolute atomic E-state index is 12.5. The molecule has 3 N–H and O–H groups in total. The van der Waals surface area contributed by atoms with Crippen LogP contribution < -0.4 is 10.6 Å². The first-order valence-corrected chi connectivity index (χ1v) is 9.11. The molecule has 3 rings (SSSR count). The van der Waals surface area contributed by atoms with Crippen LogP contribution in [0.3, 0.4) is 0 Å². The van der Waals surface area contributed by atoms with E-state index in [1.54, 1.807) is 18.2 Å². The number of ketones is 1. The van der Waals surface area contributed by atoms with E-state index in [9.17, 15) is 9.59 Å². The number of nitrogens with one attached hydrogen (secondary N) is 2. The van der Waals surface area contributed by atoms with Gasteiger partial charge in [-0.15, -0.1) is 0 Å². The second-order valence-electron chi connectivity index (χ2n) is 6.39. The number of hydrogen-bond acceptors (Lipinski definition) is 6. The lowest BCUT2D eigenvalue weighted by atomic mass is 9.97. The summed E-state index contributed by atoms with van der Waals surface area (Å²) in [5, 5.41) is 15.2. The zero-order chi connectivity index (χ0) is 18.5. The van der Waals surface area contributed by atoms with Gasteiger partial charge in [-0.05, 0) is 18.2 Å². The first kappa shape index (κ1) is 18.8. The molecule has 0 spiro atoms. The van der Waals surface area contributed by atoms with Crippen LogP contribution in [0, 0.1) is 0 Å². The lowest BCUT2D eigenvalue weighted by molar-refractivity contribution is -0.112. The molecule has 0 aliphatic carbocycles. The molecule has 1 aromatic carbocycles. The molecule has 0 bridgehead atoms. The van der Waals surface area contributed by atoms with Crippen LogP contribution >= 0.6 is 11.6 Å². The Kier molecular flexibility index (Phi) is 6.26. The number of carbonyl (C=O) groups excluding carboxylic acids is 2. The summed E-state index contributed by atoms with van der Waals surface area (Å²) in [6.07, 6.45) is 1.49. The lowest BCUT2D eigenvalue weighted by Crippen LogP contribution is -2.48. The average molecular weight is 379 g/mol. The van der Waals surface area contributed by atoms with Crippen LogP contribution in [0.1, 0.15) is 10.4 Å². The highest BCUT2D eigenvalue weighted by molar-refractivity contribution is 6.36. The smallest absolute Gasteiger partial charge is 0.261 e. The Balaban J connectivity index is 1.51. The number of fused-ring (bicyclic) bond motifs is 1. The maximum atomic E-state index is 12.5. The number of β-amino-alcohol motifs (C(OH)–C–C–N with tert-alkyl or cyclic N) is 1. The minimum atomic E-state index is -0.407. The van der Waals surface area contributed by atoms with Crippen molar-refractivity contribution in [2.45, 2.75) is 0 Å². The largest absolute Gasteiger partial charge is 0.395 e. The number of carbonyl (C=O) groups is 2. The van der Waals surface area contributed by atoms with Gasteiger partial charge in [0.05, 0.1) is 12.3 Å². The van der Waals surface area contributed by atoms with Crippen LogP contribution in [0.5, 0.6) is 0 Å². The summed E-state index contributed by atoms with van der Waals surface area (Å²) in [6, 6.07) is 4.84. The van der Waals surface area contributed by atoms with Crippen molar-refractivity contribution in [3.63, 3.8) is 0 Å². The summed E-state index contributed by atoms with van der Waals surface area (Å²) in [5.41, 5.74) is 0.986. The number of anilines is 1. The van der Waals surface area contributed by atoms with Crippen molar-refractivity contribution in [1.82, 2.24) is 15.1 Å². The predicted octanol–water partition coefficient (Wildman–Crippen LogP) is 0.558. The minimum Gasteiger partial charge on any atom is -0.395 e. The molecule has 2 aliphatic heterocycles. The zero-order valence-electron chi connectivity index (χ0n) is 14.5. The fraction of sp³-hybridized carbons (Fsp3) is 0.444. The van der Waals surface area contributed by atoms with E-state index < -0.39 is 5.91 Å². The van der Waals surface area contributed by atoms with Crippen molar-refractivity contribution in [3.05, 3.63) is 40.6 Å². The minimum absolute atomic E-state index is 0.0903. The van der Waals surface area contributed by atoms with Crippen molar-refractivity contribution in [2.75, 3.05) is 57.7 Å². The molecule has 8 heteroatoms. The van der Waals surface area contributed by atoms with Crippen molar-refractivity contribution < 1.29 is 14.7 Å². The van der Waals surface area contributed by atoms with Crippen LogP contribution in [0.15, 0.2) is 30.0 Å². The summed E-state index contributed by atoms with van der Waals surface area (Å²) >= 11 is 5.95. The van der Waals surface area contributed by atoms with Gasteiger partial charge in [-0.2, -0.15) is 0 Å². The average Bonchev–Trinajstić information content (AvgIpc) is 2.63. The van der Waals surface area contributed by atoms with E-state index in [4.69, 9.17) is 16.7 Å². The number of nitrogens with zero attached hydrogens (tertiary/aromatic N) is 2. The standard InChI is InChI=1S/C18H23ClN4O3/c19-13-1-2-16-14(11-13)17(25)15(18(26)21-16)12-20-3-4-22-5-7-23(8-6-22)9-10-24/h1-2,11-12,20,24H,3-10H2,(H,21,26)/b15-12+. The molecule has 0 unspecified atom stereocenters. The van der Waals surface area contributed by atoms with Crippen molar-refractivity contribution >= 4 is 29.0 Å². The van der Waals surface area contributed by atoms with Gasteiger partial charge in [-0.25, -0.2) is 0 Å². The van der Waals surface area contributed by atoms with Gasteiger partial charge < -0.3 is 15.7 Å². The van der Waals surface area contributed by atoms with E-state index in [1.807, 2.05) is 0 Å². The highest BCUT2D eigenvalue weighted by Crippen LogP contribution is 2.27. The fourth-order valence-electron chi connectivity index (χ4n) is 3.16. The van der Waals surface area contributed by atoms with Crippen LogP contribution in [-0.4, -0.2) is 79.0 Å². The second-order valence-corrected chi connectivity index (χ2v) is 6.83. The molecule has 140 valence electrons. The van der Waals surface area contributed by atoms with Crippen molar-refractivity contribution in [3.8, 4) is 0 Å². The number of aliphatic hydroxyl groups excluding tert-OH is 1. The van der Waals surface area contributed by atoms with Gasteiger partial charge in [0, 0.05) is 62.6 Å². The third kappa shape index (κ3) is 4.42. The van der Waals surface area contributed by atoms with Gasteiger partial charge in [0.2, 0.25) is 5.78 Å². The number of piperazine rings is 1. The van der Waals surface area contributed by atoms with E-state index in [0.29, 0.717) is 22.8 Å². The number of rotatable bonds is 6. The van der Waals surface area contributed by atoms with E-state index in [1.165, 1.54) is 6.20 Å². The Bertz CT molecular complexity index is 714. The molecule has 2 aliphatic rings. The zero-order valence-corrected chi connectivity index (χ0v) is 15.3. The van der Waals surface area contributed by atoms with Gasteiger partial charge >= 0.3 is 0 Å². The lowest BCUT2D eigenvalue weighted by Gasteiger charge is -2.34. The molecule has 7 nitrogen and oxygen atoms in total. The molecule has 1 saturated heterocycles. The maximum Gasteiger partial charge on any atom is 0.261 e. The molecule has 2 heterocycles. The number of amides is 1. The molecule has 1 fully saturated rings. The molecule has 0 atom stereocenters. The third-order valence-corrected chi connectivity index (χ3v) is 4.90. The quantitative estimate of drug-likeness (QED) is 0.381. The number of Topliss-reactive ketones (excluding diaryl/α,β-unsaturated/α-hetero) is 1. The predicted molar refractivity (Wildman–Crippen MR) is 100 cm³/mol. The van der Waals surface area contributed by atoms with Crippen molar-refractivity contribution in [1.29, 1.82) is 0 Å². The first-order valence-electron chi connectivity index (χ1n) is 8.73. The van der Waals surface area contributed by atoms with E-state index >= 15 is 0 Å². The molecule has 0 saturated carbocycles. The van der Waals surface area contributed by atoms with Gasteiger partial charge in [0.15, 0.2) is 0 Å². The first-order chi connectivity index (χ1) is 12.6. The van der Waals surface area contributed by atoms with Crippen LogP contribution in [-0.2, 0) is 4.79 Å². The van der Waals surface area contributed by atoms with Gasteiger partial charge in [-0.1, -0.05) is 11.6 Å². The highest BCUT2D eigenvalue weighted by atomic mass is 35.5. The van der Waals surface area contributed by atoms with Crippen LogP contribution in [0.2, 0.25) is 5.02 Å². The Morgan fingerprint density at radius 1 is 1.15 bits per heavy atom. The molecular formula is C18H23ClN4O3. The molecular weight excluding hydrogens is 356 g/mol. The number of benzene rings is 1. The normalized spacial score (nSPS) is 20.2. The van der Waals surface area contributed by atoms with Crippen LogP contribution in [0.25, 0.3) is 0 Å². The Labute approximate surface area is 157 Å². The van der Waals surface area contributed by atoms with Crippen LogP contribution in [0.4, 0.5) is 5.69 Å². The Morgan fingerprint density at radius 2 is 1.85 bits per heavy atom. The highest BCUT2D eigenvalue weighted by Gasteiger charge is 2.28. The second kappa shape index (κ2) is 8.64. The SMILES string of the molecule is O=C1Nc2ccc(Cl)cc2C(=O)/C1=C\NCCN1CCN(CCO)CC1. The topological polar surface area (TPSA) is 84.9 Å². The number of aliphatic hydroxyl groups is 1.